The van der Waals surface area contributed by atoms with Gasteiger partial charge in [0.2, 0.25) is 0 Å². The number of nitrogen functional groups attached to an aromatic ring is 1. The minimum absolute atomic E-state index is 0.659. The second-order valence-electron chi connectivity index (χ2n) is 4.06. The SMILES string of the molecule is CN(C)CCCN(C)Cc1cnc(N)s1. The molecule has 0 radical (unpaired) electrons. The van der Waals surface area contributed by atoms with Crippen LogP contribution in [-0.4, -0.2) is 49.0 Å². The summed E-state index contributed by atoms with van der Waals surface area (Å²) >= 11 is 1.57. The summed E-state index contributed by atoms with van der Waals surface area (Å²) < 4.78 is 0. The first-order valence-electron chi connectivity index (χ1n) is 5.11. The van der Waals surface area contributed by atoms with E-state index in [0.29, 0.717) is 5.13 Å². The first-order valence-corrected chi connectivity index (χ1v) is 5.93. The molecule has 0 aliphatic heterocycles. The number of nitrogens with zero attached hydrogens (tertiary/aromatic N) is 3. The van der Waals surface area contributed by atoms with E-state index in [1.807, 2.05) is 6.20 Å². The lowest BCUT2D eigenvalue weighted by molar-refractivity contribution is 0.296. The summed E-state index contributed by atoms with van der Waals surface area (Å²) in [6.07, 6.45) is 3.06. The zero-order chi connectivity index (χ0) is 11.3. The fourth-order valence-electron chi connectivity index (χ4n) is 1.40. The number of rotatable bonds is 6. The Kier molecular flexibility index (Phi) is 5.01. The topological polar surface area (TPSA) is 45.4 Å². The number of thiazole rings is 1. The van der Waals surface area contributed by atoms with Crippen LogP contribution in [0.2, 0.25) is 0 Å². The molecule has 15 heavy (non-hydrogen) atoms. The second-order valence-corrected chi connectivity index (χ2v) is 5.21. The maximum absolute atomic E-state index is 5.58. The molecule has 0 bridgehead atoms. The van der Waals surface area contributed by atoms with Gasteiger partial charge in [-0.15, -0.1) is 11.3 Å². The highest BCUT2D eigenvalue weighted by atomic mass is 32.1. The molecule has 1 aromatic rings. The van der Waals surface area contributed by atoms with E-state index in [1.54, 1.807) is 11.3 Å². The van der Waals surface area contributed by atoms with Crippen LogP contribution < -0.4 is 5.73 Å². The van der Waals surface area contributed by atoms with E-state index in [2.05, 4.69) is 35.9 Å². The fourth-order valence-corrected chi connectivity index (χ4v) is 2.16. The molecular formula is C10H20N4S. The molecule has 0 fully saturated rings. The lowest BCUT2D eigenvalue weighted by Gasteiger charge is -2.16. The summed E-state index contributed by atoms with van der Waals surface area (Å²) in [4.78, 5) is 9.78. The Bertz CT molecular complexity index is 285. The summed E-state index contributed by atoms with van der Waals surface area (Å²) in [6.45, 7) is 3.19. The van der Waals surface area contributed by atoms with E-state index in [9.17, 15) is 0 Å². The molecule has 1 aromatic heterocycles. The largest absolute Gasteiger partial charge is 0.375 e. The van der Waals surface area contributed by atoms with E-state index in [4.69, 9.17) is 5.73 Å². The van der Waals surface area contributed by atoms with Gasteiger partial charge in [-0.05, 0) is 40.7 Å². The Morgan fingerprint density at radius 2 is 2.07 bits per heavy atom. The van der Waals surface area contributed by atoms with Gasteiger partial charge in [0, 0.05) is 17.6 Å². The minimum atomic E-state index is 0.659. The highest BCUT2D eigenvalue weighted by molar-refractivity contribution is 7.15. The van der Waals surface area contributed by atoms with Crippen molar-refractivity contribution in [2.45, 2.75) is 13.0 Å². The molecule has 0 aliphatic carbocycles. The van der Waals surface area contributed by atoms with Gasteiger partial charge in [-0.2, -0.15) is 0 Å². The molecule has 0 saturated carbocycles. The van der Waals surface area contributed by atoms with Crippen LogP contribution in [0.3, 0.4) is 0 Å². The molecule has 0 amide bonds. The van der Waals surface area contributed by atoms with Crippen molar-refractivity contribution in [3.05, 3.63) is 11.1 Å². The number of hydrogen-bond donors (Lipinski definition) is 1. The van der Waals surface area contributed by atoms with Gasteiger partial charge >= 0.3 is 0 Å². The van der Waals surface area contributed by atoms with E-state index >= 15 is 0 Å². The molecule has 4 nitrogen and oxygen atoms in total. The van der Waals surface area contributed by atoms with Gasteiger partial charge in [-0.3, -0.25) is 0 Å². The molecule has 0 aliphatic rings. The predicted molar refractivity (Wildman–Crippen MR) is 66.0 cm³/mol. The zero-order valence-electron chi connectivity index (χ0n) is 9.73. The summed E-state index contributed by atoms with van der Waals surface area (Å²) in [5.74, 6) is 0. The third kappa shape index (κ3) is 5.11. The van der Waals surface area contributed by atoms with Gasteiger partial charge in [0.05, 0.1) is 0 Å². The van der Waals surface area contributed by atoms with Crippen molar-refractivity contribution in [1.82, 2.24) is 14.8 Å². The number of nitrogens with two attached hydrogens (primary N) is 1. The highest BCUT2D eigenvalue weighted by Gasteiger charge is 2.03. The van der Waals surface area contributed by atoms with Crippen LogP contribution in [0.15, 0.2) is 6.20 Å². The molecule has 0 spiro atoms. The lowest BCUT2D eigenvalue weighted by atomic mass is 10.3. The van der Waals surface area contributed by atoms with Crippen LogP contribution in [0, 0.1) is 0 Å². The molecule has 86 valence electrons. The van der Waals surface area contributed by atoms with Crippen molar-refractivity contribution in [2.75, 3.05) is 40.0 Å². The molecule has 0 unspecified atom stereocenters. The van der Waals surface area contributed by atoms with Crippen molar-refractivity contribution < 1.29 is 0 Å². The van der Waals surface area contributed by atoms with Gasteiger partial charge in [0.25, 0.3) is 0 Å². The second kappa shape index (κ2) is 6.05. The smallest absolute Gasteiger partial charge is 0.180 e. The van der Waals surface area contributed by atoms with Crippen LogP contribution in [0.1, 0.15) is 11.3 Å². The van der Waals surface area contributed by atoms with Crippen molar-refractivity contribution in [3.8, 4) is 0 Å². The number of hydrogen-bond acceptors (Lipinski definition) is 5. The van der Waals surface area contributed by atoms with Crippen molar-refractivity contribution in [1.29, 1.82) is 0 Å². The summed E-state index contributed by atoms with van der Waals surface area (Å²) in [5, 5.41) is 0.659. The number of aromatic nitrogens is 1. The van der Waals surface area contributed by atoms with Gasteiger partial charge in [0.15, 0.2) is 5.13 Å². The highest BCUT2D eigenvalue weighted by Crippen LogP contribution is 2.15. The third-order valence-electron chi connectivity index (χ3n) is 2.14. The van der Waals surface area contributed by atoms with Crippen LogP contribution in [-0.2, 0) is 6.54 Å². The average molecular weight is 228 g/mol. The Balaban J connectivity index is 2.21. The lowest BCUT2D eigenvalue weighted by Crippen LogP contribution is -2.23. The molecule has 2 N–H and O–H groups in total. The Morgan fingerprint density at radius 3 is 2.60 bits per heavy atom. The maximum Gasteiger partial charge on any atom is 0.180 e. The van der Waals surface area contributed by atoms with Crippen LogP contribution in [0.5, 0.6) is 0 Å². The van der Waals surface area contributed by atoms with E-state index in [0.717, 1.165) is 19.6 Å². The molecule has 1 rings (SSSR count). The molecular weight excluding hydrogens is 208 g/mol. The minimum Gasteiger partial charge on any atom is -0.375 e. The van der Waals surface area contributed by atoms with E-state index in [-0.39, 0.29) is 0 Å². The van der Waals surface area contributed by atoms with E-state index in [1.165, 1.54) is 11.3 Å². The molecule has 1 heterocycles. The normalized spacial score (nSPS) is 11.5. The molecule has 5 heteroatoms. The van der Waals surface area contributed by atoms with Crippen molar-refractivity contribution in [2.24, 2.45) is 0 Å². The monoisotopic (exact) mass is 228 g/mol. The predicted octanol–water partition coefficient (Wildman–Crippen LogP) is 1.11. The zero-order valence-corrected chi connectivity index (χ0v) is 10.5. The quantitative estimate of drug-likeness (QED) is 0.792. The Hall–Kier alpha value is -0.650. The van der Waals surface area contributed by atoms with Crippen LogP contribution in [0.4, 0.5) is 5.13 Å². The van der Waals surface area contributed by atoms with Crippen molar-refractivity contribution >= 4 is 16.5 Å². The van der Waals surface area contributed by atoms with Gasteiger partial charge in [0.1, 0.15) is 0 Å². The van der Waals surface area contributed by atoms with Crippen LogP contribution in [0.25, 0.3) is 0 Å². The number of anilines is 1. The van der Waals surface area contributed by atoms with E-state index < -0.39 is 0 Å². The van der Waals surface area contributed by atoms with Gasteiger partial charge in [-0.1, -0.05) is 0 Å². The Labute approximate surface area is 95.7 Å². The first-order chi connectivity index (χ1) is 7.08. The fraction of sp³-hybridized carbons (Fsp3) is 0.700. The molecule has 0 atom stereocenters. The summed E-state index contributed by atoms with van der Waals surface area (Å²) in [5.41, 5.74) is 5.58. The third-order valence-corrected chi connectivity index (χ3v) is 2.95. The summed E-state index contributed by atoms with van der Waals surface area (Å²) in [6, 6.07) is 0. The summed E-state index contributed by atoms with van der Waals surface area (Å²) in [7, 11) is 6.33. The van der Waals surface area contributed by atoms with Crippen LogP contribution >= 0.6 is 11.3 Å². The standard InChI is InChI=1S/C10H20N4S/c1-13(2)5-4-6-14(3)8-9-7-12-10(11)15-9/h7H,4-6,8H2,1-3H3,(H2,11,12). The first kappa shape index (κ1) is 12.4. The van der Waals surface area contributed by atoms with Crippen molar-refractivity contribution in [3.63, 3.8) is 0 Å². The van der Waals surface area contributed by atoms with Gasteiger partial charge in [-0.25, -0.2) is 4.98 Å². The molecule has 0 saturated heterocycles. The van der Waals surface area contributed by atoms with Gasteiger partial charge < -0.3 is 15.5 Å². The average Bonchev–Trinajstić information content (AvgIpc) is 2.50. The Morgan fingerprint density at radius 1 is 1.33 bits per heavy atom. The maximum atomic E-state index is 5.58. The molecule has 0 aromatic carbocycles.